The van der Waals surface area contributed by atoms with Crippen LogP contribution in [0.2, 0.25) is 0 Å². The van der Waals surface area contributed by atoms with Gasteiger partial charge in [-0.3, -0.25) is 0 Å². The van der Waals surface area contributed by atoms with Gasteiger partial charge in [-0.15, -0.1) is 0 Å². The molecule has 0 saturated heterocycles. The average Bonchev–Trinajstić information content (AvgIpc) is 2.86. The lowest BCUT2D eigenvalue weighted by atomic mass is 10.1. The zero-order valence-electron chi connectivity index (χ0n) is 8.79. The van der Waals surface area contributed by atoms with Crippen molar-refractivity contribution in [2.75, 3.05) is 11.9 Å². The summed E-state index contributed by atoms with van der Waals surface area (Å²) >= 11 is 1.57. The third-order valence-corrected chi connectivity index (χ3v) is 4.00. The molecule has 1 N–H and O–H groups in total. The molecule has 1 fully saturated rings. The third-order valence-electron chi connectivity index (χ3n) is 3.16. The summed E-state index contributed by atoms with van der Waals surface area (Å²) in [6.07, 6.45) is 2.72. The predicted octanol–water partition coefficient (Wildman–Crippen LogP) is 3.51. The van der Waals surface area contributed by atoms with Crippen molar-refractivity contribution in [1.82, 2.24) is 4.37 Å². The van der Waals surface area contributed by atoms with E-state index in [2.05, 4.69) is 34.8 Å². The number of benzene rings is 1. The van der Waals surface area contributed by atoms with E-state index in [9.17, 15) is 0 Å². The number of hydrogen-bond acceptors (Lipinski definition) is 3. The van der Waals surface area contributed by atoms with E-state index in [0.29, 0.717) is 5.41 Å². The number of nitrogens with one attached hydrogen (secondary N) is 1. The Labute approximate surface area is 93.5 Å². The molecule has 78 valence electrons. The van der Waals surface area contributed by atoms with Gasteiger partial charge in [-0.25, -0.2) is 0 Å². The summed E-state index contributed by atoms with van der Waals surface area (Å²) in [5, 5.41) is 6.00. The maximum absolute atomic E-state index is 4.42. The molecule has 0 radical (unpaired) electrons. The van der Waals surface area contributed by atoms with Gasteiger partial charge in [-0.2, -0.15) is 4.37 Å². The Kier molecular flexibility index (Phi) is 1.96. The molecule has 0 atom stereocenters. The van der Waals surface area contributed by atoms with Gasteiger partial charge < -0.3 is 5.32 Å². The quantitative estimate of drug-likeness (QED) is 0.852. The SMILES string of the molecule is CC1(CNc2snc3ccccc23)CC1. The second-order valence-electron chi connectivity index (χ2n) is 4.69. The van der Waals surface area contributed by atoms with Crippen molar-refractivity contribution in [1.29, 1.82) is 0 Å². The van der Waals surface area contributed by atoms with Crippen molar-refractivity contribution in [3.8, 4) is 0 Å². The average molecular weight is 218 g/mol. The van der Waals surface area contributed by atoms with E-state index in [4.69, 9.17) is 0 Å². The molecule has 15 heavy (non-hydrogen) atoms. The molecule has 1 aromatic carbocycles. The van der Waals surface area contributed by atoms with E-state index in [-0.39, 0.29) is 0 Å². The van der Waals surface area contributed by atoms with Gasteiger partial charge in [-0.1, -0.05) is 19.1 Å². The lowest BCUT2D eigenvalue weighted by molar-refractivity contribution is 0.612. The Bertz CT molecular complexity index is 485. The maximum atomic E-state index is 4.42. The van der Waals surface area contributed by atoms with Gasteiger partial charge in [0.2, 0.25) is 0 Å². The molecule has 0 unspecified atom stereocenters. The Hall–Kier alpha value is -1.09. The van der Waals surface area contributed by atoms with Gasteiger partial charge in [-0.05, 0) is 41.9 Å². The Morgan fingerprint density at radius 2 is 2.20 bits per heavy atom. The lowest BCUT2D eigenvalue weighted by Gasteiger charge is -2.09. The fourth-order valence-electron chi connectivity index (χ4n) is 1.70. The number of rotatable bonds is 3. The van der Waals surface area contributed by atoms with E-state index in [1.165, 1.54) is 23.2 Å². The molecule has 1 heterocycles. The van der Waals surface area contributed by atoms with Crippen LogP contribution in [0.5, 0.6) is 0 Å². The molecular weight excluding hydrogens is 204 g/mol. The van der Waals surface area contributed by atoms with E-state index in [1.807, 2.05) is 6.07 Å². The van der Waals surface area contributed by atoms with E-state index in [1.54, 1.807) is 11.5 Å². The Balaban J connectivity index is 1.84. The van der Waals surface area contributed by atoms with Crippen LogP contribution in [0.15, 0.2) is 24.3 Å². The fourth-order valence-corrected chi connectivity index (χ4v) is 2.46. The van der Waals surface area contributed by atoms with Crippen LogP contribution in [0, 0.1) is 5.41 Å². The highest BCUT2D eigenvalue weighted by molar-refractivity contribution is 7.11. The van der Waals surface area contributed by atoms with Gasteiger partial charge in [0.05, 0.1) is 5.52 Å². The third kappa shape index (κ3) is 1.72. The smallest absolute Gasteiger partial charge is 0.117 e. The number of fused-ring (bicyclic) bond motifs is 1. The zero-order valence-corrected chi connectivity index (χ0v) is 9.60. The van der Waals surface area contributed by atoms with Crippen molar-refractivity contribution in [3.05, 3.63) is 24.3 Å². The van der Waals surface area contributed by atoms with Gasteiger partial charge >= 0.3 is 0 Å². The van der Waals surface area contributed by atoms with Crippen LogP contribution >= 0.6 is 11.5 Å². The van der Waals surface area contributed by atoms with Gasteiger partial charge in [0.25, 0.3) is 0 Å². The summed E-state index contributed by atoms with van der Waals surface area (Å²) in [7, 11) is 0. The van der Waals surface area contributed by atoms with Crippen molar-refractivity contribution < 1.29 is 0 Å². The van der Waals surface area contributed by atoms with Crippen LogP contribution in [-0.4, -0.2) is 10.9 Å². The molecular formula is C12H14N2S. The van der Waals surface area contributed by atoms with Crippen LogP contribution in [0.25, 0.3) is 10.9 Å². The van der Waals surface area contributed by atoms with Crippen LogP contribution in [0.3, 0.4) is 0 Å². The second kappa shape index (κ2) is 3.20. The molecule has 0 aliphatic heterocycles. The summed E-state index contributed by atoms with van der Waals surface area (Å²) in [6, 6.07) is 8.31. The Morgan fingerprint density at radius 1 is 1.40 bits per heavy atom. The van der Waals surface area contributed by atoms with Crippen molar-refractivity contribution >= 4 is 27.4 Å². The minimum Gasteiger partial charge on any atom is -0.375 e. The second-order valence-corrected chi connectivity index (χ2v) is 5.47. The van der Waals surface area contributed by atoms with E-state index < -0.39 is 0 Å². The van der Waals surface area contributed by atoms with Gasteiger partial charge in [0, 0.05) is 11.9 Å². The monoisotopic (exact) mass is 218 g/mol. The molecule has 1 aliphatic rings. The standard InChI is InChI=1S/C12H14N2S/c1-12(6-7-12)8-13-11-9-4-2-3-5-10(9)14-15-11/h2-5,13H,6-8H2,1H3. The van der Waals surface area contributed by atoms with Crippen LogP contribution in [-0.2, 0) is 0 Å². The van der Waals surface area contributed by atoms with Crippen LogP contribution < -0.4 is 5.32 Å². The molecule has 0 amide bonds. The highest BCUT2D eigenvalue weighted by atomic mass is 32.1. The zero-order chi connectivity index (χ0) is 10.3. The minimum atomic E-state index is 0.547. The highest BCUT2D eigenvalue weighted by Gasteiger charge is 2.36. The molecule has 2 aromatic rings. The molecule has 1 saturated carbocycles. The summed E-state index contributed by atoms with van der Waals surface area (Å²) < 4.78 is 4.42. The first kappa shape index (κ1) is 9.16. The molecule has 1 aliphatic carbocycles. The van der Waals surface area contributed by atoms with Crippen molar-refractivity contribution in [2.24, 2.45) is 5.41 Å². The predicted molar refractivity (Wildman–Crippen MR) is 65.5 cm³/mol. The normalized spacial score (nSPS) is 17.9. The number of nitrogens with zero attached hydrogens (tertiary/aromatic N) is 1. The molecule has 1 aromatic heterocycles. The molecule has 3 heteroatoms. The number of aromatic nitrogens is 1. The molecule has 3 rings (SSSR count). The van der Waals surface area contributed by atoms with Crippen molar-refractivity contribution in [2.45, 2.75) is 19.8 Å². The summed E-state index contributed by atoms with van der Waals surface area (Å²) in [5.41, 5.74) is 1.65. The van der Waals surface area contributed by atoms with E-state index >= 15 is 0 Å². The largest absolute Gasteiger partial charge is 0.375 e. The molecule has 0 spiro atoms. The van der Waals surface area contributed by atoms with Crippen LogP contribution in [0.1, 0.15) is 19.8 Å². The lowest BCUT2D eigenvalue weighted by Crippen LogP contribution is -2.10. The van der Waals surface area contributed by atoms with Gasteiger partial charge in [0.1, 0.15) is 5.00 Å². The first-order valence-electron chi connectivity index (χ1n) is 5.35. The number of anilines is 1. The fraction of sp³-hybridized carbons (Fsp3) is 0.417. The number of hydrogen-bond donors (Lipinski definition) is 1. The highest BCUT2D eigenvalue weighted by Crippen LogP contribution is 2.45. The summed E-state index contributed by atoms with van der Waals surface area (Å²) in [6.45, 7) is 3.42. The van der Waals surface area contributed by atoms with Crippen molar-refractivity contribution in [3.63, 3.8) is 0 Å². The topological polar surface area (TPSA) is 24.9 Å². The van der Waals surface area contributed by atoms with Gasteiger partial charge in [0.15, 0.2) is 0 Å². The Morgan fingerprint density at radius 3 is 3.00 bits per heavy atom. The maximum Gasteiger partial charge on any atom is 0.117 e. The first-order valence-corrected chi connectivity index (χ1v) is 6.13. The van der Waals surface area contributed by atoms with Crippen LogP contribution in [0.4, 0.5) is 5.00 Å². The summed E-state index contributed by atoms with van der Waals surface area (Å²) in [4.78, 5) is 0. The van der Waals surface area contributed by atoms with E-state index in [0.717, 1.165) is 12.1 Å². The first-order chi connectivity index (χ1) is 7.27. The molecule has 0 bridgehead atoms. The molecule has 2 nitrogen and oxygen atoms in total. The minimum absolute atomic E-state index is 0.547. The summed E-state index contributed by atoms with van der Waals surface area (Å²) in [5.74, 6) is 0.